The lowest BCUT2D eigenvalue weighted by Gasteiger charge is -2.15. The first-order valence-electron chi connectivity index (χ1n) is 7.55. The van der Waals surface area contributed by atoms with Gasteiger partial charge in [-0.3, -0.25) is 15.3 Å². The quantitative estimate of drug-likeness (QED) is 0.871. The van der Waals surface area contributed by atoms with Gasteiger partial charge >= 0.3 is 6.03 Å². The van der Waals surface area contributed by atoms with Crippen molar-refractivity contribution in [2.45, 2.75) is 19.0 Å². The second-order valence-electron chi connectivity index (χ2n) is 5.42. The molecule has 1 aromatic heterocycles. The zero-order valence-corrected chi connectivity index (χ0v) is 14.6. The van der Waals surface area contributed by atoms with E-state index in [1.807, 2.05) is 37.3 Å². The van der Waals surface area contributed by atoms with Gasteiger partial charge in [-0.2, -0.15) is 0 Å². The smallest absolute Gasteiger partial charge is 0.321 e. The molecule has 7 heteroatoms. The van der Waals surface area contributed by atoms with E-state index in [1.165, 1.54) is 11.8 Å². The Morgan fingerprint density at radius 3 is 2.88 bits per heavy atom. The molecule has 2 N–H and O–H groups in total. The molecule has 0 saturated heterocycles. The van der Waals surface area contributed by atoms with Gasteiger partial charge < -0.3 is 5.32 Å². The predicted molar refractivity (Wildman–Crippen MR) is 98.4 cm³/mol. The fourth-order valence-electron chi connectivity index (χ4n) is 2.39. The van der Waals surface area contributed by atoms with Crippen LogP contribution in [0.15, 0.2) is 53.8 Å². The number of aliphatic imine (C=N–C) groups is 1. The standard InChI is InChI=1S/C17H17ClN4OS/c1-11(13-3-2-4-14(18)9-13)20-16(23)22-17-21-15(10-24-17)12-5-7-19-8-6-12/h2-9,11,15H,10H2,1H3,(H2,20,21,22,23)/t11-,15?/m0/s1. The SMILES string of the molecule is C[C@H](NC(=O)NC1=NC(c2ccncc2)CS1)c1cccc(Cl)c1. The Bertz CT molecular complexity index is 753. The number of rotatable bonds is 3. The molecule has 1 unspecified atom stereocenters. The van der Waals surface area contributed by atoms with Crippen LogP contribution in [0.4, 0.5) is 4.79 Å². The monoisotopic (exact) mass is 360 g/mol. The van der Waals surface area contributed by atoms with Crippen LogP contribution >= 0.6 is 23.4 Å². The molecule has 0 saturated carbocycles. The molecule has 2 amide bonds. The maximum absolute atomic E-state index is 12.2. The molecule has 2 atom stereocenters. The number of hydrogen-bond donors (Lipinski definition) is 2. The van der Waals surface area contributed by atoms with Gasteiger partial charge in [-0.15, -0.1) is 0 Å². The van der Waals surface area contributed by atoms with Crippen molar-refractivity contribution in [2.24, 2.45) is 4.99 Å². The van der Waals surface area contributed by atoms with E-state index in [2.05, 4.69) is 20.6 Å². The highest BCUT2D eigenvalue weighted by atomic mass is 35.5. The van der Waals surface area contributed by atoms with Gasteiger partial charge in [-0.1, -0.05) is 35.5 Å². The van der Waals surface area contributed by atoms with Crippen molar-refractivity contribution in [1.29, 1.82) is 0 Å². The van der Waals surface area contributed by atoms with Crippen LogP contribution in [-0.2, 0) is 0 Å². The number of carbonyl (C=O) groups is 1. The Morgan fingerprint density at radius 2 is 2.12 bits per heavy atom. The molecule has 5 nitrogen and oxygen atoms in total. The van der Waals surface area contributed by atoms with E-state index in [4.69, 9.17) is 11.6 Å². The van der Waals surface area contributed by atoms with E-state index in [9.17, 15) is 4.79 Å². The van der Waals surface area contributed by atoms with Crippen LogP contribution in [0.3, 0.4) is 0 Å². The molecular formula is C17H17ClN4OS. The third kappa shape index (κ3) is 4.27. The summed E-state index contributed by atoms with van der Waals surface area (Å²) in [6.45, 7) is 1.91. The minimum absolute atomic E-state index is 0.0543. The second kappa shape index (κ2) is 7.68. The highest BCUT2D eigenvalue weighted by Crippen LogP contribution is 2.29. The fourth-order valence-corrected chi connectivity index (χ4v) is 3.54. The summed E-state index contributed by atoms with van der Waals surface area (Å²) < 4.78 is 0. The summed E-state index contributed by atoms with van der Waals surface area (Å²) in [7, 11) is 0. The molecule has 0 radical (unpaired) electrons. The van der Waals surface area contributed by atoms with Gasteiger partial charge in [-0.25, -0.2) is 4.79 Å². The van der Waals surface area contributed by atoms with E-state index in [-0.39, 0.29) is 18.1 Å². The normalized spacial score (nSPS) is 17.9. The summed E-state index contributed by atoms with van der Waals surface area (Å²) in [4.78, 5) is 20.7. The Hall–Kier alpha value is -2.05. The Balaban J connectivity index is 1.57. The van der Waals surface area contributed by atoms with E-state index in [0.717, 1.165) is 16.9 Å². The third-order valence-corrected chi connectivity index (χ3v) is 4.86. The maximum Gasteiger partial charge on any atom is 0.321 e. The number of pyridine rings is 1. The average Bonchev–Trinajstić information content (AvgIpc) is 3.04. The zero-order chi connectivity index (χ0) is 16.9. The number of nitrogens with one attached hydrogen (secondary N) is 2. The number of amidine groups is 1. The van der Waals surface area contributed by atoms with E-state index in [1.54, 1.807) is 18.5 Å². The largest absolute Gasteiger partial charge is 0.331 e. The molecule has 2 aromatic rings. The van der Waals surface area contributed by atoms with Gasteiger partial charge in [-0.05, 0) is 42.3 Å². The molecule has 0 fully saturated rings. The van der Waals surface area contributed by atoms with Crippen LogP contribution in [0, 0.1) is 0 Å². The van der Waals surface area contributed by atoms with Crippen molar-refractivity contribution in [3.05, 3.63) is 64.9 Å². The summed E-state index contributed by atoms with van der Waals surface area (Å²) >= 11 is 7.52. The number of urea groups is 1. The van der Waals surface area contributed by atoms with Gasteiger partial charge in [0.2, 0.25) is 0 Å². The van der Waals surface area contributed by atoms with Gasteiger partial charge in [0.1, 0.15) is 0 Å². The summed E-state index contributed by atoms with van der Waals surface area (Å²) in [6, 6.07) is 11.0. The minimum Gasteiger partial charge on any atom is -0.331 e. The molecule has 1 aliphatic heterocycles. The van der Waals surface area contributed by atoms with Crippen LogP contribution < -0.4 is 10.6 Å². The first kappa shape index (κ1) is 16.8. The van der Waals surface area contributed by atoms with Crippen LogP contribution in [0.5, 0.6) is 0 Å². The van der Waals surface area contributed by atoms with Gasteiger partial charge in [0.05, 0.1) is 12.1 Å². The highest BCUT2D eigenvalue weighted by Gasteiger charge is 2.21. The molecule has 0 spiro atoms. The van der Waals surface area contributed by atoms with Crippen molar-refractivity contribution >= 4 is 34.6 Å². The molecule has 3 rings (SSSR count). The Labute approximate surface area is 149 Å². The maximum atomic E-state index is 12.2. The van der Waals surface area contributed by atoms with Crippen molar-refractivity contribution in [3.8, 4) is 0 Å². The minimum atomic E-state index is -0.274. The van der Waals surface area contributed by atoms with Crippen molar-refractivity contribution in [2.75, 3.05) is 5.75 Å². The number of nitrogens with zero attached hydrogens (tertiary/aromatic N) is 2. The van der Waals surface area contributed by atoms with Crippen LogP contribution in [0.25, 0.3) is 0 Å². The summed E-state index contributed by atoms with van der Waals surface area (Å²) in [5, 5.41) is 6.98. The Kier molecular flexibility index (Phi) is 5.37. The molecule has 2 heterocycles. The highest BCUT2D eigenvalue weighted by molar-refractivity contribution is 8.14. The molecule has 1 aromatic carbocycles. The topological polar surface area (TPSA) is 66.4 Å². The molecular weight excluding hydrogens is 344 g/mol. The molecule has 124 valence electrons. The van der Waals surface area contributed by atoms with Gasteiger partial charge in [0, 0.05) is 23.2 Å². The molecule has 0 aliphatic carbocycles. The zero-order valence-electron chi connectivity index (χ0n) is 13.1. The van der Waals surface area contributed by atoms with Gasteiger partial charge in [0.25, 0.3) is 0 Å². The lowest BCUT2D eigenvalue weighted by Crippen LogP contribution is -2.39. The van der Waals surface area contributed by atoms with Crippen molar-refractivity contribution < 1.29 is 4.79 Å². The summed E-state index contributed by atoms with van der Waals surface area (Å²) in [5.74, 6) is 0.809. The van der Waals surface area contributed by atoms with Crippen LogP contribution in [-0.4, -0.2) is 21.9 Å². The fraction of sp³-hybridized carbons (Fsp3) is 0.235. The number of hydrogen-bond acceptors (Lipinski definition) is 4. The molecule has 24 heavy (non-hydrogen) atoms. The number of amides is 2. The molecule has 0 bridgehead atoms. The third-order valence-electron chi connectivity index (χ3n) is 3.66. The summed E-state index contributed by atoms with van der Waals surface area (Å²) in [5.41, 5.74) is 2.05. The first-order chi connectivity index (χ1) is 11.6. The number of benzene rings is 1. The Morgan fingerprint density at radius 1 is 1.33 bits per heavy atom. The predicted octanol–water partition coefficient (Wildman–Crippen LogP) is 3.94. The van der Waals surface area contributed by atoms with Crippen molar-refractivity contribution in [1.82, 2.24) is 15.6 Å². The lowest BCUT2D eigenvalue weighted by molar-refractivity contribution is 0.242. The van der Waals surface area contributed by atoms with Crippen LogP contribution in [0.2, 0.25) is 5.02 Å². The molecule has 1 aliphatic rings. The number of aromatic nitrogens is 1. The van der Waals surface area contributed by atoms with E-state index < -0.39 is 0 Å². The van der Waals surface area contributed by atoms with Crippen molar-refractivity contribution in [3.63, 3.8) is 0 Å². The van der Waals surface area contributed by atoms with E-state index >= 15 is 0 Å². The van der Waals surface area contributed by atoms with E-state index in [0.29, 0.717) is 10.2 Å². The second-order valence-corrected chi connectivity index (χ2v) is 6.86. The average molecular weight is 361 g/mol. The van der Waals surface area contributed by atoms with Crippen LogP contribution in [0.1, 0.15) is 30.1 Å². The number of carbonyl (C=O) groups excluding carboxylic acids is 1. The summed E-state index contributed by atoms with van der Waals surface area (Å²) in [6.07, 6.45) is 3.50. The number of halogens is 1. The number of thioether (sulfide) groups is 1. The lowest BCUT2D eigenvalue weighted by atomic mass is 10.1. The first-order valence-corrected chi connectivity index (χ1v) is 8.91. The van der Waals surface area contributed by atoms with Gasteiger partial charge in [0.15, 0.2) is 5.17 Å².